The van der Waals surface area contributed by atoms with Crippen molar-refractivity contribution in [1.82, 2.24) is 15.1 Å². The molecule has 1 aromatic carbocycles. The molecule has 3 amide bonds. The monoisotopic (exact) mass is 397 g/mol. The van der Waals surface area contributed by atoms with Crippen molar-refractivity contribution >= 4 is 17.7 Å². The summed E-state index contributed by atoms with van der Waals surface area (Å²) >= 11 is 0. The number of hydrogen-bond acceptors (Lipinski definition) is 4. The molecule has 2 heterocycles. The second-order valence-corrected chi connectivity index (χ2v) is 8.85. The summed E-state index contributed by atoms with van der Waals surface area (Å²) in [6.45, 7) is 4.02. The molecule has 2 aliphatic heterocycles. The molecule has 4 atom stereocenters. The summed E-state index contributed by atoms with van der Waals surface area (Å²) in [5.74, 6) is 1.18. The number of hydrogen-bond donors (Lipinski definition) is 1. The standard InChI is InChI=1S/C22H27N3O4/c1-14(26)24-8-10-25(11-9-24)21(28)18-12-16-7-6-15(18)13-22(16)23-20(27)17-4-2-3-5-19(17)29-22/h2-5,15-16,18H,6-13H2,1H3,(H,23,27)/t15-,16+,18-,22+/m1/s1. The number of ether oxygens (including phenoxy) is 1. The maximum atomic E-state index is 13.2. The first-order chi connectivity index (χ1) is 14.0. The minimum atomic E-state index is -0.682. The van der Waals surface area contributed by atoms with E-state index in [4.69, 9.17) is 4.74 Å². The van der Waals surface area contributed by atoms with Crippen molar-refractivity contribution in [2.24, 2.45) is 17.8 Å². The van der Waals surface area contributed by atoms with Gasteiger partial charge in [0.2, 0.25) is 11.8 Å². The van der Waals surface area contributed by atoms with E-state index in [1.807, 2.05) is 23.1 Å². The first-order valence-corrected chi connectivity index (χ1v) is 10.6. The Hall–Kier alpha value is -2.57. The van der Waals surface area contributed by atoms with Crippen LogP contribution in [0.15, 0.2) is 24.3 Å². The minimum absolute atomic E-state index is 0.0130. The molecule has 3 saturated carbocycles. The summed E-state index contributed by atoms with van der Waals surface area (Å²) in [7, 11) is 0. The number of benzene rings is 1. The van der Waals surface area contributed by atoms with Gasteiger partial charge in [-0.05, 0) is 37.3 Å². The van der Waals surface area contributed by atoms with E-state index >= 15 is 0 Å². The molecule has 1 spiro atoms. The maximum absolute atomic E-state index is 13.2. The van der Waals surface area contributed by atoms with Crippen LogP contribution in [-0.2, 0) is 9.59 Å². The highest BCUT2D eigenvalue weighted by molar-refractivity contribution is 5.98. The number of piperazine rings is 1. The smallest absolute Gasteiger partial charge is 0.258 e. The lowest BCUT2D eigenvalue weighted by Crippen LogP contribution is -2.67. The molecule has 29 heavy (non-hydrogen) atoms. The Kier molecular flexibility index (Phi) is 4.29. The Morgan fingerprint density at radius 2 is 1.83 bits per heavy atom. The molecule has 6 rings (SSSR count). The van der Waals surface area contributed by atoms with Gasteiger partial charge in [-0.25, -0.2) is 0 Å². The van der Waals surface area contributed by atoms with Crippen molar-refractivity contribution in [1.29, 1.82) is 0 Å². The topological polar surface area (TPSA) is 79.0 Å². The van der Waals surface area contributed by atoms with E-state index in [9.17, 15) is 14.4 Å². The van der Waals surface area contributed by atoms with E-state index in [0.29, 0.717) is 43.9 Å². The lowest BCUT2D eigenvalue weighted by molar-refractivity contribution is -0.158. The summed E-state index contributed by atoms with van der Waals surface area (Å²) in [5.41, 5.74) is -0.103. The van der Waals surface area contributed by atoms with Gasteiger partial charge in [0, 0.05) is 51.4 Å². The SMILES string of the molecule is CC(=O)N1CCN(C(=O)[C@@H]2C[C@@H]3CC[C@@H]2C[C@@]32NC(=O)c3ccccc3O2)CC1. The molecule has 2 bridgehead atoms. The molecule has 1 N–H and O–H groups in total. The number of carbonyl (C=O) groups excluding carboxylic acids is 3. The third-order valence-electron chi connectivity index (χ3n) is 7.32. The van der Waals surface area contributed by atoms with Crippen LogP contribution in [0.2, 0.25) is 0 Å². The Bertz CT molecular complexity index is 863. The molecule has 7 nitrogen and oxygen atoms in total. The quantitative estimate of drug-likeness (QED) is 0.781. The molecule has 7 heteroatoms. The summed E-state index contributed by atoms with van der Waals surface area (Å²) in [4.78, 5) is 41.2. The van der Waals surface area contributed by atoms with Gasteiger partial charge in [-0.1, -0.05) is 12.1 Å². The summed E-state index contributed by atoms with van der Waals surface area (Å²) < 4.78 is 6.38. The van der Waals surface area contributed by atoms with Gasteiger partial charge in [-0.3, -0.25) is 14.4 Å². The summed E-state index contributed by atoms with van der Waals surface area (Å²) in [6, 6.07) is 7.37. The largest absolute Gasteiger partial charge is 0.467 e. The Labute approximate surface area is 170 Å². The van der Waals surface area contributed by atoms with Crippen molar-refractivity contribution in [3.63, 3.8) is 0 Å². The number of fused-ring (bicyclic) bond motifs is 3. The van der Waals surface area contributed by atoms with E-state index in [-0.39, 0.29) is 35.5 Å². The van der Waals surface area contributed by atoms with Crippen LogP contribution >= 0.6 is 0 Å². The normalized spacial score (nSPS) is 33.1. The second-order valence-electron chi connectivity index (χ2n) is 8.85. The highest BCUT2D eigenvalue weighted by Crippen LogP contribution is 2.52. The molecule has 1 saturated heterocycles. The second kappa shape index (κ2) is 6.75. The van der Waals surface area contributed by atoms with Gasteiger partial charge in [0.05, 0.1) is 5.56 Å². The summed E-state index contributed by atoms with van der Waals surface area (Å²) in [5, 5.41) is 3.15. The lowest BCUT2D eigenvalue weighted by Gasteiger charge is -2.55. The van der Waals surface area contributed by atoms with Gasteiger partial charge in [-0.2, -0.15) is 0 Å². The Balaban J connectivity index is 1.31. The van der Waals surface area contributed by atoms with Crippen LogP contribution in [0.5, 0.6) is 5.75 Å². The van der Waals surface area contributed by atoms with Crippen molar-refractivity contribution in [3.8, 4) is 5.75 Å². The lowest BCUT2D eigenvalue weighted by atomic mass is 9.59. The third-order valence-corrected chi connectivity index (χ3v) is 7.32. The Morgan fingerprint density at radius 3 is 2.52 bits per heavy atom. The van der Waals surface area contributed by atoms with Crippen LogP contribution < -0.4 is 10.1 Å². The number of para-hydroxylation sites is 1. The van der Waals surface area contributed by atoms with E-state index in [1.54, 1.807) is 17.9 Å². The average Bonchev–Trinajstić information content (AvgIpc) is 2.73. The molecule has 3 aliphatic carbocycles. The van der Waals surface area contributed by atoms with Crippen LogP contribution in [0.25, 0.3) is 0 Å². The minimum Gasteiger partial charge on any atom is -0.467 e. The molecule has 4 fully saturated rings. The van der Waals surface area contributed by atoms with Crippen LogP contribution in [0, 0.1) is 17.8 Å². The predicted molar refractivity (Wildman–Crippen MR) is 105 cm³/mol. The fourth-order valence-corrected chi connectivity index (χ4v) is 5.74. The van der Waals surface area contributed by atoms with Crippen LogP contribution in [0.1, 0.15) is 43.0 Å². The van der Waals surface area contributed by atoms with Crippen LogP contribution in [-0.4, -0.2) is 59.4 Å². The molecular formula is C22H27N3O4. The zero-order valence-corrected chi connectivity index (χ0v) is 16.7. The van der Waals surface area contributed by atoms with Crippen molar-refractivity contribution in [2.45, 2.75) is 38.3 Å². The van der Waals surface area contributed by atoms with E-state index in [2.05, 4.69) is 5.32 Å². The van der Waals surface area contributed by atoms with Gasteiger partial charge in [-0.15, -0.1) is 0 Å². The number of carbonyl (C=O) groups is 3. The first-order valence-electron chi connectivity index (χ1n) is 10.6. The third kappa shape index (κ3) is 2.98. The first kappa shape index (κ1) is 18.5. The van der Waals surface area contributed by atoms with Crippen molar-refractivity contribution < 1.29 is 19.1 Å². The van der Waals surface area contributed by atoms with E-state index in [0.717, 1.165) is 19.3 Å². The maximum Gasteiger partial charge on any atom is 0.258 e. The Morgan fingerprint density at radius 1 is 1.10 bits per heavy atom. The van der Waals surface area contributed by atoms with E-state index in [1.165, 1.54) is 0 Å². The summed E-state index contributed by atoms with van der Waals surface area (Å²) in [6.07, 6.45) is 3.40. The van der Waals surface area contributed by atoms with Crippen LogP contribution in [0.3, 0.4) is 0 Å². The molecular weight excluding hydrogens is 370 g/mol. The van der Waals surface area contributed by atoms with Gasteiger partial charge in [0.1, 0.15) is 5.75 Å². The molecule has 0 unspecified atom stereocenters. The fraction of sp³-hybridized carbons (Fsp3) is 0.591. The number of amides is 3. The zero-order valence-electron chi connectivity index (χ0n) is 16.7. The van der Waals surface area contributed by atoms with Gasteiger partial charge >= 0.3 is 0 Å². The van der Waals surface area contributed by atoms with Gasteiger partial charge < -0.3 is 19.9 Å². The van der Waals surface area contributed by atoms with Crippen molar-refractivity contribution in [2.75, 3.05) is 26.2 Å². The molecule has 5 aliphatic rings. The number of rotatable bonds is 1. The van der Waals surface area contributed by atoms with Crippen molar-refractivity contribution in [3.05, 3.63) is 29.8 Å². The molecule has 0 radical (unpaired) electrons. The zero-order chi connectivity index (χ0) is 20.2. The van der Waals surface area contributed by atoms with Gasteiger partial charge in [0.25, 0.3) is 5.91 Å². The highest BCUT2D eigenvalue weighted by atomic mass is 16.5. The van der Waals surface area contributed by atoms with Crippen LogP contribution in [0.4, 0.5) is 0 Å². The number of nitrogens with one attached hydrogen (secondary N) is 1. The molecule has 0 aromatic heterocycles. The molecule has 1 aromatic rings. The fourth-order valence-electron chi connectivity index (χ4n) is 5.74. The van der Waals surface area contributed by atoms with E-state index < -0.39 is 5.72 Å². The van der Waals surface area contributed by atoms with Gasteiger partial charge in [0.15, 0.2) is 5.72 Å². The molecule has 154 valence electrons. The number of nitrogens with zero attached hydrogens (tertiary/aromatic N) is 2. The highest BCUT2D eigenvalue weighted by Gasteiger charge is 2.57. The predicted octanol–water partition coefficient (Wildman–Crippen LogP) is 1.63. The average molecular weight is 397 g/mol.